The van der Waals surface area contributed by atoms with E-state index in [1.54, 1.807) is 0 Å². The van der Waals surface area contributed by atoms with Gasteiger partial charge >= 0.3 is 0 Å². The van der Waals surface area contributed by atoms with E-state index in [1.807, 2.05) is 6.20 Å². The molecule has 1 aromatic rings. The van der Waals surface area contributed by atoms with Gasteiger partial charge in [0, 0.05) is 25.4 Å². The molecule has 0 fully saturated rings. The zero-order chi connectivity index (χ0) is 8.39. The number of aromatic nitrogens is 2. The van der Waals surface area contributed by atoms with E-state index in [2.05, 4.69) is 22.7 Å². The Bertz CT molecular complexity index is 252. The maximum atomic E-state index is 4.35. The molecule has 1 aliphatic heterocycles. The predicted octanol–water partition coefficient (Wildman–Crippen LogP) is 2.25. The van der Waals surface area contributed by atoms with Gasteiger partial charge in [-0.1, -0.05) is 19.8 Å². The summed E-state index contributed by atoms with van der Waals surface area (Å²) >= 11 is 0. The van der Waals surface area contributed by atoms with E-state index in [1.165, 1.54) is 38.1 Å². The van der Waals surface area contributed by atoms with Crippen molar-refractivity contribution in [3.63, 3.8) is 0 Å². The summed E-state index contributed by atoms with van der Waals surface area (Å²) in [6.45, 7) is 3.45. The van der Waals surface area contributed by atoms with Gasteiger partial charge in [0.25, 0.3) is 0 Å². The van der Waals surface area contributed by atoms with Crippen LogP contribution in [0.25, 0.3) is 0 Å². The molecular formula is C10H16N2. The maximum Gasteiger partial charge on any atom is 0.108 e. The van der Waals surface area contributed by atoms with Crippen molar-refractivity contribution >= 4 is 0 Å². The lowest BCUT2D eigenvalue weighted by Gasteiger charge is -2.22. The molecule has 0 aromatic carbocycles. The maximum absolute atomic E-state index is 4.35. The van der Waals surface area contributed by atoms with E-state index in [4.69, 9.17) is 0 Å². The topological polar surface area (TPSA) is 17.8 Å². The van der Waals surface area contributed by atoms with Crippen molar-refractivity contribution in [3.05, 3.63) is 18.2 Å². The van der Waals surface area contributed by atoms with Crippen LogP contribution in [0, 0.1) is 5.92 Å². The van der Waals surface area contributed by atoms with E-state index in [-0.39, 0.29) is 0 Å². The molecule has 0 amide bonds. The first kappa shape index (κ1) is 7.84. The quantitative estimate of drug-likeness (QED) is 0.655. The zero-order valence-electron chi connectivity index (χ0n) is 7.66. The van der Waals surface area contributed by atoms with Crippen molar-refractivity contribution in [3.8, 4) is 0 Å². The van der Waals surface area contributed by atoms with Gasteiger partial charge < -0.3 is 4.57 Å². The van der Waals surface area contributed by atoms with Crippen molar-refractivity contribution in [1.29, 1.82) is 0 Å². The molecule has 0 aliphatic carbocycles. The van der Waals surface area contributed by atoms with Crippen LogP contribution in [-0.2, 0) is 13.0 Å². The summed E-state index contributed by atoms with van der Waals surface area (Å²) in [6, 6.07) is 0. The van der Waals surface area contributed by atoms with Gasteiger partial charge in [0.05, 0.1) is 0 Å². The number of hydrogen-bond donors (Lipinski definition) is 0. The summed E-state index contributed by atoms with van der Waals surface area (Å²) < 4.78 is 2.28. The molecule has 0 saturated carbocycles. The number of hydrogen-bond acceptors (Lipinski definition) is 1. The van der Waals surface area contributed by atoms with Crippen LogP contribution >= 0.6 is 0 Å². The summed E-state index contributed by atoms with van der Waals surface area (Å²) in [6.07, 6.45) is 9.23. The molecule has 66 valence electrons. The van der Waals surface area contributed by atoms with Crippen LogP contribution in [0.15, 0.2) is 12.4 Å². The highest BCUT2D eigenvalue weighted by molar-refractivity contribution is 4.97. The second kappa shape index (κ2) is 3.30. The van der Waals surface area contributed by atoms with Crippen LogP contribution in [0.1, 0.15) is 32.0 Å². The SMILES string of the molecule is CCCC1CCn2ccnc2C1. The number of rotatable bonds is 2. The molecule has 1 atom stereocenters. The van der Waals surface area contributed by atoms with Gasteiger partial charge in [0.1, 0.15) is 5.82 Å². The molecule has 12 heavy (non-hydrogen) atoms. The van der Waals surface area contributed by atoms with Crippen molar-refractivity contribution in [2.24, 2.45) is 5.92 Å². The largest absolute Gasteiger partial charge is 0.335 e. The highest BCUT2D eigenvalue weighted by atomic mass is 15.1. The Hall–Kier alpha value is -0.790. The van der Waals surface area contributed by atoms with E-state index in [0.717, 1.165) is 5.92 Å². The van der Waals surface area contributed by atoms with Crippen LogP contribution in [0.4, 0.5) is 0 Å². The van der Waals surface area contributed by atoms with Gasteiger partial charge in [0.15, 0.2) is 0 Å². The summed E-state index contributed by atoms with van der Waals surface area (Å²) in [5.41, 5.74) is 0. The molecule has 0 saturated heterocycles. The second-order valence-corrected chi connectivity index (χ2v) is 3.68. The Morgan fingerprint density at radius 1 is 1.67 bits per heavy atom. The number of aryl methyl sites for hydroxylation is 1. The first-order valence-electron chi connectivity index (χ1n) is 4.90. The summed E-state index contributed by atoms with van der Waals surface area (Å²) in [5.74, 6) is 2.18. The molecular weight excluding hydrogens is 148 g/mol. The van der Waals surface area contributed by atoms with E-state index >= 15 is 0 Å². The third-order valence-electron chi connectivity index (χ3n) is 2.75. The van der Waals surface area contributed by atoms with Gasteiger partial charge in [-0.25, -0.2) is 4.98 Å². The molecule has 2 heteroatoms. The Kier molecular flexibility index (Phi) is 2.15. The molecule has 0 radical (unpaired) electrons. The van der Waals surface area contributed by atoms with Crippen molar-refractivity contribution in [1.82, 2.24) is 9.55 Å². The monoisotopic (exact) mass is 164 g/mol. The fraction of sp³-hybridized carbons (Fsp3) is 0.700. The number of fused-ring (bicyclic) bond motifs is 1. The molecule has 1 aromatic heterocycles. The van der Waals surface area contributed by atoms with Gasteiger partial charge in [-0.15, -0.1) is 0 Å². The second-order valence-electron chi connectivity index (χ2n) is 3.68. The molecule has 0 bridgehead atoms. The normalized spacial score (nSPS) is 22.2. The molecule has 2 heterocycles. The average molecular weight is 164 g/mol. The lowest BCUT2D eigenvalue weighted by molar-refractivity contribution is 0.359. The number of imidazole rings is 1. The van der Waals surface area contributed by atoms with Crippen LogP contribution in [0.2, 0.25) is 0 Å². The molecule has 0 N–H and O–H groups in total. The third-order valence-corrected chi connectivity index (χ3v) is 2.75. The standard InChI is InChI=1S/C10H16N2/c1-2-3-9-4-6-12-7-5-11-10(12)8-9/h5,7,9H,2-4,6,8H2,1H3. The van der Waals surface area contributed by atoms with Gasteiger partial charge in [-0.2, -0.15) is 0 Å². The van der Waals surface area contributed by atoms with Crippen molar-refractivity contribution in [2.75, 3.05) is 0 Å². The average Bonchev–Trinajstić information content (AvgIpc) is 2.51. The van der Waals surface area contributed by atoms with Crippen LogP contribution in [0.5, 0.6) is 0 Å². The first-order valence-corrected chi connectivity index (χ1v) is 4.90. The number of nitrogens with zero attached hydrogens (tertiary/aromatic N) is 2. The Labute approximate surface area is 73.6 Å². The first-order chi connectivity index (χ1) is 5.90. The Balaban J connectivity index is 2.05. The molecule has 1 unspecified atom stereocenters. The van der Waals surface area contributed by atoms with Crippen LogP contribution < -0.4 is 0 Å². The third kappa shape index (κ3) is 1.38. The zero-order valence-corrected chi connectivity index (χ0v) is 7.66. The van der Waals surface area contributed by atoms with E-state index in [0.29, 0.717) is 0 Å². The van der Waals surface area contributed by atoms with Crippen LogP contribution in [0.3, 0.4) is 0 Å². The molecule has 2 nitrogen and oxygen atoms in total. The van der Waals surface area contributed by atoms with Crippen LogP contribution in [-0.4, -0.2) is 9.55 Å². The van der Waals surface area contributed by atoms with Crippen molar-refractivity contribution < 1.29 is 0 Å². The molecule has 1 aliphatic rings. The highest BCUT2D eigenvalue weighted by Crippen LogP contribution is 2.22. The van der Waals surface area contributed by atoms with Gasteiger partial charge in [0.2, 0.25) is 0 Å². The van der Waals surface area contributed by atoms with Gasteiger partial charge in [-0.3, -0.25) is 0 Å². The fourth-order valence-electron chi connectivity index (χ4n) is 2.07. The minimum Gasteiger partial charge on any atom is -0.335 e. The van der Waals surface area contributed by atoms with E-state index in [9.17, 15) is 0 Å². The van der Waals surface area contributed by atoms with Crippen molar-refractivity contribution in [2.45, 2.75) is 39.2 Å². The summed E-state index contributed by atoms with van der Waals surface area (Å²) in [5, 5.41) is 0. The lowest BCUT2D eigenvalue weighted by atomic mass is 9.93. The predicted molar refractivity (Wildman–Crippen MR) is 48.9 cm³/mol. The lowest BCUT2D eigenvalue weighted by Crippen LogP contribution is -2.18. The highest BCUT2D eigenvalue weighted by Gasteiger charge is 2.17. The summed E-state index contributed by atoms with van der Waals surface area (Å²) in [4.78, 5) is 4.35. The Morgan fingerprint density at radius 2 is 2.58 bits per heavy atom. The fourth-order valence-corrected chi connectivity index (χ4v) is 2.07. The summed E-state index contributed by atoms with van der Waals surface area (Å²) in [7, 11) is 0. The van der Waals surface area contributed by atoms with Gasteiger partial charge in [-0.05, 0) is 12.3 Å². The smallest absolute Gasteiger partial charge is 0.108 e. The Morgan fingerprint density at radius 3 is 3.42 bits per heavy atom. The van der Waals surface area contributed by atoms with E-state index < -0.39 is 0 Å². The minimum absolute atomic E-state index is 0.893. The molecule has 0 spiro atoms. The molecule has 2 rings (SSSR count). The minimum atomic E-state index is 0.893.